The molecule has 1 heterocycles. The summed E-state index contributed by atoms with van der Waals surface area (Å²) in [6.07, 6.45) is 0.683. The first kappa shape index (κ1) is 13.5. The second-order valence-electron chi connectivity index (χ2n) is 3.39. The highest BCUT2D eigenvalue weighted by molar-refractivity contribution is 7.79. The van der Waals surface area contributed by atoms with E-state index in [1.165, 1.54) is 18.4 Å². The van der Waals surface area contributed by atoms with E-state index in [4.69, 9.17) is 4.28 Å². The summed E-state index contributed by atoms with van der Waals surface area (Å²) in [7, 11) is 1.43. The molecule has 1 aliphatic heterocycles. The highest BCUT2D eigenvalue weighted by atomic mass is 32.2. The zero-order valence-electron chi connectivity index (χ0n) is 9.20. The predicted molar refractivity (Wildman–Crippen MR) is 57.5 cm³/mol. The van der Waals surface area contributed by atoms with Gasteiger partial charge in [0.05, 0.1) is 11.8 Å². The highest BCUT2D eigenvalue weighted by Crippen LogP contribution is 2.18. The minimum absolute atomic E-state index is 0.308. The van der Waals surface area contributed by atoms with Gasteiger partial charge in [0, 0.05) is 25.6 Å². The SMILES string of the molecule is CO/N=C1/CCN(OS(C)=O)C(C(O)O)C1. The van der Waals surface area contributed by atoms with Gasteiger partial charge < -0.3 is 15.1 Å². The number of piperidine rings is 1. The van der Waals surface area contributed by atoms with Crippen molar-refractivity contribution in [2.75, 3.05) is 19.9 Å². The molecular weight excluding hydrogens is 236 g/mol. The maximum atomic E-state index is 10.9. The zero-order chi connectivity index (χ0) is 12.1. The van der Waals surface area contributed by atoms with Gasteiger partial charge in [0.2, 0.25) is 0 Å². The monoisotopic (exact) mass is 252 g/mol. The minimum atomic E-state index is -1.58. The summed E-state index contributed by atoms with van der Waals surface area (Å²) in [5.41, 5.74) is 0.724. The molecule has 0 aromatic carbocycles. The molecule has 0 spiro atoms. The molecule has 0 saturated carbocycles. The Balaban J connectivity index is 2.67. The minimum Gasteiger partial charge on any atom is -0.399 e. The second kappa shape index (κ2) is 6.26. The normalized spacial score (nSPS) is 27.3. The van der Waals surface area contributed by atoms with Crippen LogP contribution < -0.4 is 0 Å². The fourth-order valence-corrected chi connectivity index (χ4v) is 2.00. The molecule has 0 aromatic rings. The van der Waals surface area contributed by atoms with Crippen LogP contribution in [0.2, 0.25) is 0 Å². The molecule has 0 aliphatic carbocycles. The van der Waals surface area contributed by atoms with Gasteiger partial charge >= 0.3 is 0 Å². The van der Waals surface area contributed by atoms with Crippen molar-refractivity contribution >= 4 is 16.8 Å². The van der Waals surface area contributed by atoms with Crippen molar-refractivity contribution in [1.29, 1.82) is 0 Å². The molecule has 1 saturated heterocycles. The summed E-state index contributed by atoms with van der Waals surface area (Å²) in [6, 6.07) is -0.674. The van der Waals surface area contributed by atoms with Gasteiger partial charge in [-0.3, -0.25) is 0 Å². The van der Waals surface area contributed by atoms with Gasteiger partial charge in [0.1, 0.15) is 7.11 Å². The average molecular weight is 252 g/mol. The first-order chi connectivity index (χ1) is 7.54. The summed E-state index contributed by atoms with van der Waals surface area (Å²) >= 11 is -1.48. The van der Waals surface area contributed by atoms with Crippen molar-refractivity contribution in [2.24, 2.45) is 5.16 Å². The van der Waals surface area contributed by atoms with Gasteiger partial charge in [-0.05, 0) is 0 Å². The van der Waals surface area contributed by atoms with Crippen LogP contribution in [0.5, 0.6) is 0 Å². The Labute approximate surface area is 96.3 Å². The summed E-state index contributed by atoms with van der Waals surface area (Å²) in [4.78, 5) is 4.63. The quantitative estimate of drug-likeness (QED) is 0.492. The number of aliphatic hydroxyl groups is 2. The number of hydrogen-bond donors (Lipinski definition) is 2. The molecule has 16 heavy (non-hydrogen) atoms. The third kappa shape index (κ3) is 3.80. The molecule has 1 rings (SSSR count). The van der Waals surface area contributed by atoms with Crippen molar-refractivity contribution in [2.45, 2.75) is 25.2 Å². The van der Waals surface area contributed by atoms with Crippen LogP contribution in [-0.4, -0.2) is 57.4 Å². The van der Waals surface area contributed by atoms with Crippen molar-refractivity contribution < 1.29 is 23.5 Å². The first-order valence-electron chi connectivity index (χ1n) is 4.78. The average Bonchev–Trinajstić information content (AvgIpc) is 2.19. The molecule has 0 amide bonds. The molecule has 94 valence electrons. The Kier molecular flexibility index (Phi) is 5.29. The molecule has 2 N–H and O–H groups in total. The van der Waals surface area contributed by atoms with Crippen LogP contribution in [0.1, 0.15) is 12.8 Å². The smallest absolute Gasteiger partial charge is 0.170 e. The highest BCUT2D eigenvalue weighted by Gasteiger charge is 2.32. The lowest BCUT2D eigenvalue weighted by atomic mass is 10.0. The van der Waals surface area contributed by atoms with Gasteiger partial charge in [-0.15, -0.1) is 0 Å². The largest absolute Gasteiger partial charge is 0.399 e. The third-order valence-corrected chi connectivity index (χ3v) is 2.60. The first-order valence-corrected chi connectivity index (χ1v) is 6.26. The van der Waals surface area contributed by atoms with E-state index in [9.17, 15) is 14.4 Å². The Morgan fingerprint density at radius 1 is 1.62 bits per heavy atom. The van der Waals surface area contributed by atoms with Gasteiger partial charge in [-0.1, -0.05) is 5.16 Å². The second-order valence-corrected chi connectivity index (χ2v) is 4.34. The number of rotatable bonds is 4. The van der Waals surface area contributed by atoms with E-state index in [1.807, 2.05) is 0 Å². The Hall–Kier alpha value is -0.540. The van der Waals surface area contributed by atoms with Crippen molar-refractivity contribution in [3.05, 3.63) is 0 Å². The number of oxime groups is 1. The zero-order valence-corrected chi connectivity index (χ0v) is 10.0. The van der Waals surface area contributed by atoms with E-state index in [-0.39, 0.29) is 0 Å². The van der Waals surface area contributed by atoms with Crippen LogP contribution in [0.15, 0.2) is 5.16 Å². The lowest BCUT2D eigenvalue weighted by Crippen LogP contribution is -2.49. The van der Waals surface area contributed by atoms with Gasteiger partial charge in [-0.2, -0.15) is 9.35 Å². The maximum absolute atomic E-state index is 10.9. The summed E-state index contributed by atoms with van der Waals surface area (Å²) in [5.74, 6) is 0. The van der Waals surface area contributed by atoms with E-state index in [2.05, 4.69) is 9.99 Å². The van der Waals surface area contributed by atoms with Crippen molar-refractivity contribution in [3.63, 3.8) is 0 Å². The van der Waals surface area contributed by atoms with Crippen LogP contribution in [0.3, 0.4) is 0 Å². The van der Waals surface area contributed by atoms with E-state index in [0.29, 0.717) is 19.4 Å². The van der Waals surface area contributed by atoms with E-state index in [1.54, 1.807) is 0 Å². The molecule has 1 aliphatic rings. The topological polar surface area (TPSA) is 91.6 Å². The molecule has 1 fully saturated rings. The number of hydrogen-bond acceptors (Lipinski definition) is 7. The molecule has 0 radical (unpaired) electrons. The van der Waals surface area contributed by atoms with Crippen molar-refractivity contribution in [1.82, 2.24) is 5.06 Å². The molecule has 8 heteroatoms. The summed E-state index contributed by atoms with van der Waals surface area (Å²) < 4.78 is 15.9. The molecule has 2 atom stereocenters. The lowest BCUT2D eigenvalue weighted by Gasteiger charge is -2.34. The fraction of sp³-hybridized carbons (Fsp3) is 0.875. The third-order valence-electron chi connectivity index (χ3n) is 2.20. The number of nitrogens with zero attached hydrogens (tertiary/aromatic N) is 2. The molecule has 0 aromatic heterocycles. The molecule has 7 nitrogen and oxygen atoms in total. The van der Waals surface area contributed by atoms with Gasteiger partial charge in [-0.25, -0.2) is 4.21 Å². The standard InChI is InChI=1S/C8H16N2O5S/c1-14-9-6-3-4-10(15-16(2)13)7(5-6)8(11)12/h7-8,11-12H,3-5H2,1-2H3/b9-6-. The van der Waals surface area contributed by atoms with Crippen LogP contribution >= 0.6 is 0 Å². The van der Waals surface area contributed by atoms with Crippen LogP contribution in [0.25, 0.3) is 0 Å². The summed E-state index contributed by atoms with van der Waals surface area (Å²) in [6.45, 7) is 0.393. The molecule has 2 unspecified atom stereocenters. The number of aliphatic hydroxyl groups excluding tert-OH is 1. The Morgan fingerprint density at radius 2 is 2.31 bits per heavy atom. The Bertz CT molecular complexity index is 284. The molecular formula is C8H16N2O5S. The molecule has 0 bridgehead atoms. The van der Waals surface area contributed by atoms with Gasteiger partial charge in [0.15, 0.2) is 17.4 Å². The van der Waals surface area contributed by atoms with Crippen LogP contribution in [0, 0.1) is 0 Å². The van der Waals surface area contributed by atoms with Crippen molar-refractivity contribution in [3.8, 4) is 0 Å². The van der Waals surface area contributed by atoms with Crippen LogP contribution in [-0.2, 0) is 20.2 Å². The lowest BCUT2D eigenvalue weighted by molar-refractivity contribution is -0.178. The Morgan fingerprint density at radius 3 is 2.81 bits per heavy atom. The summed E-state index contributed by atoms with van der Waals surface area (Å²) in [5, 5.41) is 23.5. The van der Waals surface area contributed by atoms with E-state index in [0.717, 1.165) is 5.71 Å². The fourth-order valence-electron chi connectivity index (χ4n) is 1.54. The maximum Gasteiger partial charge on any atom is 0.170 e. The van der Waals surface area contributed by atoms with Gasteiger partial charge in [0.25, 0.3) is 0 Å². The number of hydroxylamine groups is 2. The van der Waals surface area contributed by atoms with E-state index >= 15 is 0 Å². The van der Waals surface area contributed by atoms with Crippen LogP contribution in [0.4, 0.5) is 0 Å². The van der Waals surface area contributed by atoms with E-state index < -0.39 is 23.4 Å². The predicted octanol–water partition coefficient (Wildman–Crippen LogP) is -1.01.